The van der Waals surface area contributed by atoms with Gasteiger partial charge in [-0.05, 0) is 48.3 Å². The minimum absolute atomic E-state index is 0.0643. The maximum absolute atomic E-state index is 13.7. The molecule has 0 saturated heterocycles. The highest BCUT2D eigenvalue weighted by atomic mass is 32.2. The Morgan fingerprint density at radius 1 is 1.50 bits per heavy atom. The Hall–Kier alpha value is -0.190. The molecule has 0 amide bonds. The molecule has 0 spiro atoms. The van der Waals surface area contributed by atoms with Gasteiger partial charge in [0.25, 0.3) is 0 Å². The van der Waals surface area contributed by atoms with Gasteiger partial charge in [-0.15, -0.1) is 11.8 Å². The number of hydrogen-bond donors (Lipinski definition) is 1. The maximum atomic E-state index is 13.7. The predicted octanol–water partition coefficient (Wildman–Crippen LogP) is 4.10. The van der Waals surface area contributed by atoms with Gasteiger partial charge < -0.3 is 5.32 Å². The molecule has 1 heterocycles. The largest absolute Gasteiger partial charge is 0.310 e. The number of fused-ring (bicyclic) bond motifs is 1. The zero-order chi connectivity index (χ0) is 12.8. The SMILES string of the molecule is CCSCCCNC1CCSc2c(F)cccc21. The van der Waals surface area contributed by atoms with E-state index in [2.05, 4.69) is 18.3 Å². The lowest BCUT2D eigenvalue weighted by Gasteiger charge is -2.26. The monoisotopic (exact) mass is 285 g/mol. The van der Waals surface area contributed by atoms with E-state index in [0.717, 1.165) is 29.2 Å². The van der Waals surface area contributed by atoms with E-state index in [9.17, 15) is 4.39 Å². The standard InChI is InChI=1S/C14H20FNS2/c1-2-17-9-4-8-16-13-7-10-18-14-11(13)5-3-6-12(14)15/h3,5-6,13,16H,2,4,7-10H2,1H3. The summed E-state index contributed by atoms with van der Waals surface area (Å²) in [5.74, 6) is 3.34. The van der Waals surface area contributed by atoms with Crippen LogP contribution in [0.5, 0.6) is 0 Å². The highest BCUT2D eigenvalue weighted by molar-refractivity contribution is 7.99. The molecule has 1 unspecified atom stereocenters. The van der Waals surface area contributed by atoms with Gasteiger partial charge in [-0.1, -0.05) is 19.1 Å². The Labute approximate surface area is 117 Å². The van der Waals surface area contributed by atoms with Gasteiger partial charge in [0, 0.05) is 10.9 Å². The van der Waals surface area contributed by atoms with Crippen LogP contribution in [-0.2, 0) is 0 Å². The normalized spacial score (nSPS) is 18.7. The van der Waals surface area contributed by atoms with Crippen LogP contribution >= 0.6 is 23.5 Å². The van der Waals surface area contributed by atoms with Crippen LogP contribution in [0.4, 0.5) is 4.39 Å². The van der Waals surface area contributed by atoms with Crippen LogP contribution < -0.4 is 5.32 Å². The van der Waals surface area contributed by atoms with Crippen molar-refractivity contribution in [3.63, 3.8) is 0 Å². The third kappa shape index (κ3) is 3.65. The Morgan fingerprint density at radius 2 is 2.39 bits per heavy atom. The molecule has 100 valence electrons. The average molecular weight is 285 g/mol. The summed E-state index contributed by atoms with van der Waals surface area (Å²) in [6.45, 7) is 3.22. The van der Waals surface area contributed by atoms with Crippen LogP contribution in [0.25, 0.3) is 0 Å². The van der Waals surface area contributed by atoms with Crippen molar-refractivity contribution in [3.8, 4) is 0 Å². The van der Waals surface area contributed by atoms with Crippen LogP contribution in [0.15, 0.2) is 23.1 Å². The van der Waals surface area contributed by atoms with Crippen molar-refractivity contribution in [2.75, 3.05) is 23.8 Å². The lowest BCUT2D eigenvalue weighted by atomic mass is 10.0. The Bertz CT molecular complexity index is 384. The smallest absolute Gasteiger partial charge is 0.137 e. The molecule has 0 aromatic heterocycles. The van der Waals surface area contributed by atoms with Crippen molar-refractivity contribution in [2.24, 2.45) is 0 Å². The summed E-state index contributed by atoms with van der Waals surface area (Å²) >= 11 is 3.63. The molecule has 0 radical (unpaired) electrons. The second-order valence-electron chi connectivity index (χ2n) is 4.35. The fourth-order valence-electron chi connectivity index (χ4n) is 2.19. The Balaban J connectivity index is 1.90. The number of rotatable bonds is 6. The second-order valence-corrected chi connectivity index (χ2v) is 6.85. The van der Waals surface area contributed by atoms with Gasteiger partial charge in [0.15, 0.2) is 0 Å². The van der Waals surface area contributed by atoms with Gasteiger partial charge in [-0.3, -0.25) is 0 Å². The van der Waals surface area contributed by atoms with Crippen LogP contribution in [0.2, 0.25) is 0 Å². The van der Waals surface area contributed by atoms with Crippen LogP contribution in [0.3, 0.4) is 0 Å². The first-order valence-corrected chi connectivity index (χ1v) is 8.69. The lowest BCUT2D eigenvalue weighted by molar-refractivity contribution is 0.498. The van der Waals surface area contributed by atoms with Crippen molar-refractivity contribution >= 4 is 23.5 Å². The number of benzene rings is 1. The van der Waals surface area contributed by atoms with Gasteiger partial charge in [0.1, 0.15) is 5.82 Å². The second kappa shape index (κ2) is 7.41. The van der Waals surface area contributed by atoms with Crippen LogP contribution in [0, 0.1) is 5.82 Å². The van der Waals surface area contributed by atoms with Gasteiger partial charge in [-0.2, -0.15) is 11.8 Å². The van der Waals surface area contributed by atoms with Crippen LogP contribution in [-0.4, -0.2) is 23.8 Å². The molecule has 1 aliphatic rings. The molecular formula is C14H20FNS2. The maximum Gasteiger partial charge on any atom is 0.137 e. The molecule has 0 fully saturated rings. The molecule has 1 atom stereocenters. The zero-order valence-electron chi connectivity index (χ0n) is 10.7. The number of nitrogens with one attached hydrogen (secondary N) is 1. The van der Waals surface area contributed by atoms with Crippen LogP contribution in [0.1, 0.15) is 31.4 Å². The summed E-state index contributed by atoms with van der Waals surface area (Å²) in [4.78, 5) is 0.851. The molecule has 1 aromatic rings. The first kappa shape index (κ1) is 14.2. The summed E-state index contributed by atoms with van der Waals surface area (Å²) < 4.78 is 13.7. The molecule has 2 rings (SSSR count). The van der Waals surface area contributed by atoms with Crippen molar-refractivity contribution in [2.45, 2.75) is 30.7 Å². The minimum atomic E-state index is -0.0643. The van der Waals surface area contributed by atoms with Gasteiger partial charge in [0.2, 0.25) is 0 Å². The number of halogens is 1. The summed E-state index contributed by atoms with van der Waals surface area (Å²) in [5, 5.41) is 3.57. The topological polar surface area (TPSA) is 12.0 Å². The lowest BCUT2D eigenvalue weighted by Crippen LogP contribution is -2.26. The van der Waals surface area contributed by atoms with Gasteiger partial charge >= 0.3 is 0 Å². The first-order valence-electron chi connectivity index (χ1n) is 6.55. The fourth-order valence-corrected chi connectivity index (χ4v) is 3.97. The highest BCUT2D eigenvalue weighted by Crippen LogP contribution is 2.37. The van der Waals surface area contributed by atoms with Crippen molar-refractivity contribution in [1.29, 1.82) is 0 Å². The molecule has 1 aromatic carbocycles. The molecular weight excluding hydrogens is 265 g/mol. The molecule has 0 saturated carbocycles. The molecule has 4 heteroatoms. The highest BCUT2D eigenvalue weighted by Gasteiger charge is 2.22. The molecule has 1 aliphatic heterocycles. The first-order chi connectivity index (χ1) is 8.83. The van der Waals surface area contributed by atoms with Crippen molar-refractivity contribution in [3.05, 3.63) is 29.6 Å². The zero-order valence-corrected chi connectivity index (χ0v) is 12.4. The van der Waals surface area contributed by atoms with E-state index in [4.69, 9.17) is 0 Å². The summed E-state index contributed by atoms with van der Waals surface area (Å²) in [5.41, 5.74) is 1.15. The van der Waals surface area contributed by atoms with E-state index < -0.39 is 0 Å². The quantitative estimate of drug-likeness (QED) is 0.791. The average Bonchev–Trinajstić information content (AvgIpc) is 2.39. The third-order valence-electron chi connectivity index (χ3n) is 3.09. The van der Waals surface area contributed by atoms with E-state index >= 15 is 0 Å². The number of thioether (sulfide) groups is 2. The molecule has 1 nitrogen and oxygen atoms in total. The van der Waals surface area contributed by atoms with Gasteiger partial charge in [-0.25, -0.2) is 4.39 Å². The minimum Gasteiger partial charge on any atom is -0.310 e. The van der Waals surface area contributed by atoms with Crippen molar-refractivity contribution in [1.82, 2.24) is 5.32 Å². The van der Waals surface area contributed by atoms with Crippen molar-refractivity contribution < 1.29 is 4.39 Å². The van der Waals surface area contributed by atoms with E-state index in [1.54, 1.807) is 17.8 Å². The molecule has 18 heavy (non-hydrogen) atoms. The molecule has 1 N–H and O–H groups in total. The van der Waals surface area contributed by atoms with E-state index in [1.165, 1.54) is 17.9 Å². The Morgan fingerprint density at radius 3 is 3.22 bits per heavy atom. The fraction of sp³-hybridized carbons (Fsp3) is 0.571. The summed E-state index contributed by atoms with van der Waals surface area (Å²) in [6.07, 6.45) is 2.29. The third-order valence-corrected chi connectivity index (χ3v) is 5.23. The van der Waals surface area contributed by atoms with E-state index in [1.807, 2.05) is 17.8 Å². The number of hydrogen-bond acceptors (Lipinski definition) is 3. The van der Waals surface area contributed by atoms with Gasteiger partial charge in [0.05, 0.1) is 0 Å². The summed E-state index contributed by atoms with van der Waals surface area (Å²) in [6, 6.07) is 5.78. The Kier molecular flexibility index (Phi) is 5.86. The summed E-state index contributed by atoms with van der Waals surface area (Å²) in [7, 11) is 0. The van der Waals surface area contributed by atoms with E-state index in [-0.39, 0.29) is 5.82 Å². The molecule has 0 bridgehead atoms. The predicted molar refractivity (Wildman–Crippen MR) is 80.1 cm³/mol. The van der Waals surface area contributed by atoms with E-state index in [0.29, 0.717) is 6.04 Å². The molecule has 0 aliphatic carbocycles.